The molecule has 1 aliphatic heterocycles. The first-order valence-electron chi connectivity index (χ1n) is 9.33. The Morgan fingerprint density at radius 1 is 1.19 bits per heavy atom. The van der Waals surface area contributed by atoms with Gasteiger partial charge in [0.15, 0.2) is 5.82 Å². The van der Waals surface area contributed by atoms with Gasteiger partial charge in [0.2, 0.25) is 5.91 Å². The van der Waals surface area contributed by atoms with Gasteiger partial charge in [0, 0.05) is 11.6 Å². The van der Waals surface area contributed by atoms with E-state index in [0.29, 0.717) is 23.1 Å². The lowest BCUT2D eigenvalue weighted by Crippen LogP contribution is -2.30. The summed E-state index contributed by atoms with van der Waals surface area (Å²) in [6, 6.07) is 7.03. The highest BCUT2D eigenvalue weighted by atomic mass is 35.5. The molecule has 0 radical (unpaired) electrons. The van der Waals surface area contributed by atoms with Gasteiger partial charge in [-0.1, -0.05) is 11.6 Å². The van der Waals surface area contributed by atoms with Crippen molar-refractivity contribution >= 4 is 17.5 Å². The third-order valence-electron chi connectivity index (χ3n) is 4.50. The van der Waals surface area contributed by atoms with Gasteiger partial charge in [-0.15, -0.1) is 5.10 Å². The van der Waals surface area contributed by atoms with Crippen molar-refractivity contribution in [1.82, 2.24) is 30.4 Å². The maximum absolute atomic E-state index is 12.1. The van der Waals surface area contributed by atoms with Gasteiger partial charge >= 0.3 is 0 Å². The van der Waals surface area contributed by atoms with Crippen LogP contribution >= 0.6 is 11.6 Å². The van der Waals surface area contributed by atoms with E-state index < -0.39 is 0 Å². The number of halogens is 1. The van der Waals surface area contributed by atoms with E-state index in [1.165, 1.54) is 30.6 Å². The molecule has 1 fully saturated rings. The Bertz CT molecular complexity index is 715. The number of hydrogen-bond acceptors (Lipinski definition) is 6. The second-order valence-electron chi connectivity index (χ2n) is 6.60. The molecule has 1 amide bonds. The fraction of sp³-hybridized carbons (Fsp3) is 0.556. The quantitative estimate of drug-likeness (QED) is 0.621. The monoisotopic (exact) mass is 392 g/mol. The first-order valence-corrected chi connectivity index (χ1v) is 9.71. The number of tetrazole rings is 1. The topological polar surface area (TPSA) is 85.2 Å². The Morgan fingerprint density at radius 2 is 1.96 bits per heavy atom. The largest absolute Gasteiger partial charge is 0.486 e. The Hall–Kier alpha value is -2.19. The normalized spacial score (nSPS) is 14.4. The molecule has 0 aliphatic carbocycles. The molecule has 3 rings (SSSR count). The summed E-state index contributed by atoms with van der Waals surface area (Å²) >= 11 is 5.85. The number of ether oxygens (including phenoxy) is 1. The van der Waals surface area contributed by atoms with E-state index in [0.717, 1.165) is 19.4 Å². The summed E-state index contributed by atoms with van der Waals surface area (Å²) < 4.78 is 7.08. The van der Waals surface area contributed by atoms with Crippen LogP contribution in [0.1, 0.15) is 31.5 Å². The van der Waals surface area contributed by atoms with Gasteiger partial charge < -0.3 is 15.0 Å². The van der Waals surface area contributed by atoms with Gasteiger partial charge in [-0.3, -0.25) is 4.79 Å². The molecule has 8 nitrogen and oxygen atoms in total. The van der Waals surface area contributed by atoms with E-state index in [4.69, 9.17) is 16.3 Å². The van der Waals surface area contributed by atoms with E-state index >= 15 is 0 Å². The van der Waals surface area contributed by atoms with E-state index in [9.17, 15) is 4.79 Å². The molecule has 1 aromatic carbocycles. The van der Waals surface area contributed by atoms with Crippen LogP contribution in [0, 0.1) is 0 Å². The lowest BCUT2D eigenvalue weighted by Gasteiger charge is -2.14. The van der Waals surface area contributed by atoms with Gasteiger partial charge in [0.05, 0.1) is 0 Å². The number of nitrogens with zero attached hydrogens (tertiary/aromatic N) is 5. The van der Waals surface area contributed by atoms with E-state index in [1.807, 2.05) is 0 Å². The summed E-state index contributed by atoms with van der Waals surface area (Å²) in [6.07, 6.45) is 4.70. The third-order valence-corrected chi connectivity index (χ3v) is 4.75. The standard InChI is InChI=1S/C18H25ClN6O2/c19-15-5-7-16(8-6-15)27-14-17-21-22-23-25(17)13-18(26)20-9-1-2-10-24-11-3-4-12-24/h5-8H,1-4,9-14H2,(H,20,26). The summed E-state index contributed by atoms with van der Waals surface area (Å²) in [5.74, 6) is 1.06. The van der Waals surface area contributed by atoms with E-state index in [1.54, 1.807) is 24.3 Å². The second-order valence-corrected chi connectivity index (χ2v) is 7.04. The Morgan fingerprint density at radius 3 is 2.74 bits per heavy atom. The summed E-state index contributed by atoms with van der Waals surface area (Å²) in [7, 11) is 0. The Balaban J connectivity index is 1.35. The molecule has 1 N–H and O–H groups in total. The number of aromatic nitrogens is 4. The second kappa shape index (κ2) is 10.2. The molecule has 0 saturated carbocycles. The number of amides is 1. The number of likely N-dealkylation sites (tertiary alicyclic amines) is 1. The third kappa shape index (κ3) is 6.48. The molecule has 2 heterocycles. The first kappa shape index (κ1) is 19.6. The fourth-order valence-corrected chi connectivity index (χ4v) is 3.14. The summed E-state index contributed by atoms with van der Waals surface area (Å²) in [4.78, 5) is 14.6. The van der Waals surface area contributed by atoms with Crippen LogP contribution in [0.15, 0.2) is 24.3 Å². The lowest BCUT2D eigenvalue weighted by molar-refractivity contribution is -0.121. The van der Waals surface area contributed by atoms with Crippen LogP contribution in [0.5, 0.6) is 5.75 Å². The van der Waals surface area contributed by atoms with Gasteiger partial charge in [-0.25, -0.2) is 4.68 Å². The zero-order valence-electron chi connectivity index (χ0n) is 15.3. The molecule has 146 valence electrons. The van der Waals surface area contributed by atoms with Crippen LogP contribution in [0.2, 0.25) is 5.02 Å². The maximum atomic E-state index is 12.1. The lowest BCUT2D eigenvalue weighted by atomic mass is 10.3. The van der Waals surface area contributed by atoms with Gasteiger partial charge in [0.25, 0.3) is 0 Å². The summed E-state index contributed by atoms with van der Waals surface area (Å²) in [5, 5.41) is 15.0. The van der Waals surface area contributed by atoms with Gasteiger partial charge in [-0.2, -0.15) is 0 Å². The summed E-state index contributed by atoms with van der Waals surface area (Å²) in [5.41, 5.74) is 0. The van der Waals surface area contributed by atoms with Crippen molar-refractivity contribution in [3.05, 3.63) is 35.1 Å². The average molecular weight is 393 g/mol. The highest BCUT2D eigenvalue weighted by Crippen LogP contribution is 2.16. The molecular weight excluding hydrogens is 368 g/mol. The molecule has 1 saturated heterocycles. The fourth-order valence-electron chi connectivity index (χ4n) is 3.01. The van der Waals surface area contributed by atoms with Crippen molar-refractivity contribution in [3.63, 3.8) is 0 Å². The number of benzene rings is 1. The molecule has 1 aliphatic rings. The van der Waals surface area contributed by atoms with Crippen molar-refractivity contribution in [2.45, 2.75) is 38.8 Å². The van der Waals surface area contributed by atoms with Crippen molar-refractivity contribution in [2.75, 3.05) is 26.2 Å². The molecule has 0 bridgehead atoms. The van der Waals surface area contributed by atoms with Crippen LogP contribution < -0.4 is 10.1 Å². The molecule has 2 aromatic rings. The molecule has 1 aromatic heterocycles. The zero-order chi connectivity index (χ0) is 18.9. The minimum atomic E-state index is -0.101. The zero-order valence-corrected chi connectivity index (χ0v) is 16.1. The maximum Gasteiger partial charge on any atom is 0.241 e. The number of rotatable bonds is 10. The van der Waals surface area contributed by atoms with Crippen LogP contribution in [-0.4, -0.2) is 57.2 Å². The van der Waals surface area contributed by atoms with Gasteiger partial charge in [0.1, 0.15) is 18.9 Å². The van der Waals surface area contributed by atoms with Gasteiger partial charge in [-0.05, 0) is 80.0 Å². The average Bonchev–Trinajstić information content (AvgIpc) is 3.33. The van der Waals surface area contributed by atoms with Crippen molar-refractivity contribution in [3.8, 4) is 5.75 Å². The number of carbonyl (C=O) groups is 1. The Labute approximate surface area is 163 Å². The Kier molecular flexibility index (Phi) is 7.41. The number of hydrogen-bond donors (Lipinski definition) is 1. The number of unbranched alkanes of at least 4 members (excludes halogenated alkanes) is 1. The number of carbonyl (C=O) groups excluding carboxylic acids is 1. The predicted octanol–water partition coefficient (Wildman–Crippen LogP) is 1.90. The van der Waals surface area contributed by atoms with E-state index in [2.05, 4.69) is 25.7 Å². The molecule has 0 atom stereocenters. The van der Waals surface area contributed by atoms with Crippen molar-refractivity contribution in [2.24, 2.45) is 0 Å². The molecule has 27 heavy (non-hydrogen) atoms. The van der Waals surface area contributed by atoms with Crippen molar-refractivity contribution in [1.29, 1.82) is 0 Å². The minimum Gasteiger partial charge on any atom is -0.486 e. The molecule has 9 heteroatoms. The number of nitrogens with one attached hydrogen (secondary N) is 1. The highest BCUT2D eigenvalue weighted by Gasteiger charge is 2.12. The highest BCUT2D eigenvalue weighted by molar-refractivity contribution is 6.30. The van der Waals surface area contributed by atoms with Crippen LogP contribution in [0.25, 0.3) is 0 Å². The van der Waals surface area contributed by atoms with Crippen molar-refractivity contribution < 1.29 is 9.53 Å². The molecule has 0 spiro atoms. The smallest absolute Gasteiger partial charge is 0.241 e. The molecule has 0 unspecified atom stereocenters. The SMILES string of the molecule is O=C(Cn1nnnc1COc1ccc(Cl)cc1)NCCCCN1CCCC1. The molecular formula is C18H25ClN6O2. The van der Waals surface area contributed by atoms with E-state index in [-0.39, 0.29) is 19.1 Å². The minimum absolute atomic E-state index is 0.0818. The van der Waals surface area contributed by atoms with Crippen LogP contribution in [-0.2, 0) is 17.9 Å². The summed E-state index contributed by atoms with van der Waals surface area (Å²) in [6.45, 7) is 4.48. The first-order chi connectivity index (χ1) is 13.2. The van der Waals surface area contributed by atoms with Crippen LogP contribution in [0.3, 0.4) is 0 Å². The van der Waals surface area contributed by atoms with Crippen LogP contribution in [0.4, 0.5) is 0 Å². The predicted molar refractivity (Wildman–Crippen MR) is 102 cm³/mol.